The standard InChI is InChI=1S/C16H11FN2/c17-14-5-3-4-12(10-14)8-9-13-11-18-19-16-7-2-1-6-15(13)16/h1-11H/b9-8+. The van der Waals surface area contributed by atoms with Crippen molar-refractivity contribution in [2.75, 3.05) is 0 Å². The Balaban J connectivity index is 2.02. The zero-order valence-electron chi connectivity index (χ0n) is 10.1. The predicted octanol–water partition coefficient (Wildman–Crippen LogP) is 3.94. The van der Waals surface area contributed by atoms with Crippen molar-refractivity contribution in [2.24, 2.45) is 0 Å². The summed E-state index contributed by atoms with van der Waals surface area (Å²) in [6.45, 7) is 0. The van der Waals surface area contributed by atoms with Gasteiger partial charge in [-0.15, -0.1) is 0 Å². The van der Waals surface area contributed by atoms with Crippen LogP contribution in [0.2, 0.25) is 0 Å². The summed E-state index contributed by atoms with van der Waals surface area (Å²) < 4.78 is 13.1. The summed E-state index contributed by atoms with van der Waals surface area (Å²) in [4.78, 5) is 0. The van der Waals surface area contributed by atoms with Gasteiger partial charge in [0.2, 0.25) is 0 Å². The van der Waals surface area contributed by atoms with Gasteiger partial charge in [-0.2, -0.15) is 10.2 Å². The van der Waals surface area contributed by atoms with Crippen LogP contribution in [0.5, 0.6) is 0 Å². The molecule has 3 heteroatoms. The quantitative estimate of drug-likeness (QED) is 0.688. The second kappa shape index (κ2) is 4.98. The minimum atomic E-state index is -0.236. The molecule has 0 fully saturated rings. The average molecular weight is 250 g/mol. The molecule has 0 unspecified atom stereocenters. The van der Waals surface area contributed by atoms with E-state index in [1.807, 2.05) is 42.5 Å². The van der Waals surface area contributed by atoms with Gasteiger partial charge in [-0.25, -0.2) is 4.39 Å². The second-order valence-corrected chi connectivity index (χ2v) is 4.21. The zero-order valence-corrected chi connectivity index (χ0v) is 10.1. The highest BCUT2D eigenvalue weighted by Gasteiger charge is 1.98. The Morgan fingerprint density at radius 1 is 0.947 bits per heavy atom. The van der Waals surface area contributed by atoms with Crippen molar-refractivity contribution < 1.29 is 4.39 Å². The van der Waals surface area contributed by atoms with Gasteiger partial charge in [0.15, 0.2) is 0 Å². The number of benzene rings is 2. The molecule has 0 aliphatic carbocycles. The lowest BCUT2D eigenvalue weighted by atomic mass is 10.1. The van der Waals surface area contributed by atoms with Crippen LogP contribution in [0.15, 0.2) is 54.7 Å². The van der Waals surface area contributed by atoms with Crippen LogP contribution in [-0.2, 0) is 0 Å². The lowest BCUT2D eigenvalue weighted by molar-refractivity contribution is 0.627. The smallest absolute Gasteiger partial charge is 0.123 e. The second-order valence-electron chi connectivity index (χ2n) is 4.21. The lowest BCUT2D eigenvalue weighted by Crippen LogP contribution is -1.86. The van der Waals surface area contributed by atoms with Crippen LogP contribution < -0.4 is 0 Å². The summed E-state index contributed by atoms with van der Waals surface area (Å²) in [5, 5.41) is 9.07. The number of aromatic nitrogens is 2. The molecule has 2 nitrogen and oxygen atoms in total. The molecule has 92 valence electrons. The Bertz CT molecular complexity index is 745. The molecule has 0 saturated heterocycles. The molecule has 2 aromatic carbocycles. The van der Waals surface area contributed by atoms with E-state index in [0.29, 0.717) is 0 Å². The molecular formula is C16H11FN2. The molecule has 0 atom stereocenters. The van der Waals surface area contributed by atoms with Crippen LogP contribution in [0, 0.1) is 5.82 Å². The maximum absolute atomic E-state index is 13.1. The van der Waals surface area contributed by atoms with Gasteiger partial charge in [0, 0.05) is 10.9 Å². The molecule has 1 heterocycles. The van der Waals surface area contributed by atoms with Gasteiger partial charge in [0.1, 0.15) is 5.82 Å². The van der Waals surface area contributed by atoms with Crippen molar-refractivity contribution in [1.29, 1.82) is 0 Å². The van der Waals surface area contributed by atoms with E-state index in [9.17, 15) is 4.39 Å². The Morgan fingerprint density at radius 3 is 2.74 bits per heavy atom. The molecule has 0 spiro atoms. The first-order valence-corrected chi connectivity index (χ1v) is 5.97. The number of nitrogens with zero attached hydrogens (tertiary/aromatic N) is 2. The fourth-order valence-corrected chi connectivity index (χ4v) is 1.96. The van der Waals surface area contributed by atoms with Crippen LogP contribution in [0.4, 0.5) is 4.39 Å². The molecule has 3 aromatic rings. The average Bonchev–Trinajstić information content (AvgIpc) is 2.45. The van der Waals surface area contributed by atoms with Crippen molar-refractivity contribution in [1.82, 2.24) is 10.2 Å². The lowest BCUT2D eigenvalue weighted by Gasteiger charge is -2.00. The van der Waals surface area contributed by atoms with E-state index in [1.54, 1.807) is 12.3 Å². The Morgan fingerprint density at radius 2 is 1.84 bits per heavy atom. The van der Waals surface area contributed by atoms with Crippen LogP contribution in [0.3, 0.4) is 0 Å². The highest BCUT2D eigenvalue weighted by Crippen LogP contribution is 2.17. The van der Waals surface area contributed by atoms with Gasteiger partial charge >= 0.3 is 0 Å². The summed E-state index contributed by atoms with van der Waals surface area (Å²) in [6.07, 6.45) is 5.50. The van der Waals surface area contributed by atoms with Gasteiger partial charge in [-0.05, 0) is 23.8 Å². The van der Waals surface area contributed by atoms with E-state index < -0.39 is 0 Å². The molecule has 0 aliphatic heterocycles. The molecule has 19 heavy (non-hydrogen) atoms. The Hall–Kier alpha value is -2.55. The van der Waals surface area contributed by atoms with Gasteiger partial charge in [-0.3, -0.25) is 0 Å². The molecule has 0 N–H and O–H groups in total. The van der Waals surface area contributed by atoms with E-state index in [0.717, 1.165) is 22.0 Å². The largest absolute Gasteiger partial charge is 0.207 e. The predicted molar refractivity (Wildman–Crippen MR) is 74.9 cm³/mol. The minimum Gasteiger partial charge on any atom is -0.207 e. The third-order valence-corrected chi connectivity index (χ3v) is 2.88. The molecule has 0 amide bonds. The van der Waals surface area contributed by atoms with Crippen molar-refractivity contribution in [3.63, 3.8) is 0 Å². The molecule has 0 aliphatic rings. The van der Waals surface area contributed by atoms with Crippen LogP contribution in [-0.4, -0.2) is 10.2 Å². The van der Waals surface area contributed by atoms with Crippen molar-refractivity contribution in [3.05, 3.63) is 71.7 Å². The summed E-state index contributed by atoms with van der Waals surface area (Å²) in [5.41, 5.74) is 2.64. The number of halogens is 1. The number of rotatable bonds is 2. The maximum Gasteiger partial charge on any atom is 0.123 e. The monoisotopic (exact) mass is 250 g/mol. The molecule has 0 radical (unpaired) electrons. The summed E-state index contributed by atoms with van der Waals surface area (Å²) >= 11 is 0. The highest BCUT2D eigenvalue weighted by molar-refractivity contribution is 5.89. The van der Waals surface area contributed by atoms with Crippen LogP contribution >= 0.6 is 0 Å². The number of hydrogen-bond acceptors (Lipinski definition) is 2. The summed E-state index contributed by atoms with van der Waals surface area (Å²) in [6, 6.07) is 14.3. The van der Waals surface area contributed by atoms with E-state index in [4.69, 9.17) is 0 Å². The van der Waals surface area contributed by atoms with E-state index >= 15 is 0 Å². The van der Waals surface area contributed by atoms with Gasteiger partial charge in [0.05, 0.1) is 11.7 Å². The van der Waals surface area contributed by atoms with Crippen molar-refractivity contribution in [3.8, 4) is 0 Å². The highest BCUT2D eigenvalue weighted by atomic mass is 19.1. The SMILES string of the molecule is Fc1cccc(/C=C/c2cnnc3ccccc23)c1. The Kier molecular flexibility index (Phi) is 3.02. The summed E-state index contributed by atoms with van der Waals surface area (Å²) in [5.74, 6) is -0.236. The van der Waals surface area contributed by atoms with E-state index in [-0.39, 0.29) is 5.82 Å². The number of fused-ring (bicyclic) bond motifs is 1. The molecule has 0 saturated carbocycles. The fraction of sp³-hybridized carbons (Fsp3) is 0. The molecular weight excluding hydrogens is 239 g/mol. The van der Waals surface area contributed by atoms with Gasteiger partial charge in [0.25, 0.3) is 0 Å². The van der Waals surface area contributed by atoms with E-state index in [1.165, 1.54) is 12.1 Å². The Labute approximate surface area is 110 Å². The van der Waals surface area contributed by atoms with Gasteiger partial charge < -0.3 is 0 Å². The minimum absolute atomic E-state index is 0.236. The third-order valence-electron chi connectivity index (χ3n) is 2.88. The van der Waals surface area contributed by atoms with Crippen molar-refractivity contribution in [2.45, 2.75) is 0 Å². The normalized spacial score (nSPS) is 11.2. The topological polar surface area (TPSA) is 25.8 Å². The zero-order chi connectivity index (χ0) is 13.1. The maximum atomic E-state index is 13.1. The van der Waals surface area contributed by atoms with E-state index in [2.05, 4.69) is 10.2 Å². The molecule has 1 aromatic heterocycles. The van der Waals surface area contributed by atoms with Crippen molar-refractivity contribution >= 4 is 23.1 Å². The molecule has 0 bridgehead atoms. The van der Waals surface area contributed by atoms with Crippen LogP contribution in [0.1, 0.15) is 11.1 Å². The molecule has 3 rings (SSSR count). The summed E-state index contributed by atoms with van der Waals surface area (Å²) in [7, 11) is 0. The first kappa shape index (κ1) is 11.5. The third kappa shape index (κ3) is 2.50. The first-order valence-electron chi connectivity index (χ1n) is 5.97. The fourth-order valence-electron chi connectivity index (χ4n) is 1.96. The number of hydrogen-bond donors (Lipinski definition) is 0. The van der Waals surface area contributed by atoms with Crippen LogP contribution in [0.25, 0.3) is 23.1 Å². The first-order chi connectivity index (χ1) is 9.33. The van der Waals surface area contributed by atoms with Gasteiger partial charge in [-0.1, -0.05) is 42.5 Å².